The smallest absolute Gasteiger partial charge is 0.220 e. The maximum atomic E-state index is 13.7. The number of anilines is 2. The summed E-state index contributed by atoms with van der Waals surface area (Å²) in [6, 6.07) is 8.21. The first kappa shape index (κ1) is 18.5. The Morgan fingerprint density at radius 3 is 2.19 bits per heavy atom. The molecule has 1 aliphatic heterocycles. The Labute approximate surface area is 155 Å². The maximum absolute atomic E-state index is 13.7. The average molecular weight is 390 g/mol. The van der Waals surface area contributed by atoms with E-state index in [-0.39, 0.29) is 10.6 Å². The number of rotatable bonds is 4. The summed E-state index contributed by atoms with van der Waals surface area (Å²) < 4.78 is 54.7. The SMILES string of the molecule is COc1cc(N2C=C(C#N)S(=O)(=O)c3cc(F)ccc32)cc(OC)c1OC. The quantitative estimate of drug-likeness (QED) is 0.792. The monoisotopic (exact) mass is 390 g/mol. The molecule has 1 aliphatic rings. The van der Waals surface area contributed by atoms with Gasteiger partial charge in [-0.1, -0.05) is 0 Å². The second kappa shape index (κ2) is 6.81. The number of nitrogens with zero attached hydrogens (tertiary/aromatic N) is 2. The molecule has 0 aliphatic carbocycles. The first-order chi connectivity index (χ1) is 12.9. The van der Waals surface area contributed by atoms with Crippen molar-refractivity contribution in [3.05, 3.63) is 47.3 Å². The van der Waals surface area contributed by atoms with E-state index >= 15 is 0 Å². The van der Waals surface area contributed by atoms with Crippen molar-refractivity contribution in [2.24, 2.45) is 0 Å². The highest BCUT2D eigenvalue weighted by atomic mass is 32.2. The van der Waals surface area contributed by atoms with Crippen molar-refractivity contribution in [1.82, 2.24) is 0 Å². The topological polar surface area (TPSA) is 88.9 Å². The summed E-state index contributed by atoms with van der Waals surface area (Å²) in [5, 5.41) is 9.28. The molecule has 0 spiro atoms. The molecule has 0 saturated heterocycles. The Morgan fingerprint density at radius 1 is 1.04 bits per heavy atom. The zero-order chi connectivity index (χ0) is 19.8. The van der Waals surface area contributed by atoms with E-state index in [1.165, 1.54) is 38.5 Å². The molecule has 0 aromatic heterocycles. The molecule has 0 unspecified atom stereocenters. The van der Waals surface area contributed by atoms with Gasteiger partial charge in [-0.3, -0.25) is 0 Å². The van der Waals surface area contributed by atoms with Gasteiger partial charge in [-0.2, -0.15) is 5.26 Å². The maximum Gasteiger partial charge on any atom is 0.220 e. The summed E-state index contributed by atoms with van der Waals surface area (Å²) in [6.07, 6.45) is 1.18. The fourth-order valence-corrected chi connectivity index (χ4v) is 4.10. The lowest BCUT2D eigenvalue weighted by molar-refractivity contribution is 0.324. The third-order valence-electron chi connectivity index (χ3n) is 4.04. The predicted octanol–water partition coefficient (Wildman–Crippen LogP) is 3.14. The molecule has 9 heteroatoms. The molecule has 0 radical (unpaired) electrons. The van der Waals surface area contributed by atoms with Gasteiger partial charge < -0.3 is 19.1 Å². The van der Waals surface area contributed by atoms with Gasteiger partial charge in [0.05, 0.1) is 37.6 Å². The summed E-state index contributed by atoms with van der Waals surface area (Å²) in [5.74, 6) is 0.324. The standard InChI is InChI=1S/C18H15FN2O5S/c1-24-15-7-12(8-16(25-2)18(15)26-3)21-10-13(9-20)27(22,23)17-6-11(19)4-5-14(17)21/h4-8,10H,1-3H3. The van der Waals surface area contributed by atoms with Crippen LogP contribution in [0.3, 0.4) is 0 Å². The van der Waals surface area contributed by atoms with Crippen LogP contribution in [0.5, 0.6) is 17.2 Å². The van der Waals surface area contributed by atoms with Crippen LogP contribution in [0.2, 0.25) is 0 Å². The molecule has 2 aromatic carbocycles. The summed E-state index contributed by atoms with van der Waals surface area (Å²) in [7, 11) is 0.240. The lowest BCUT2D eigenvalue weighted by atomic mass is 10.2. The molecule has 2 aromatic rings. The van der Waals surface area contributed by atoms with E-state index in [0.717, 1.165) is 12.1 Å². The predicted molar refractivity (Wildman–Crippen MR) is 95.5 cm³/mol. The van der Waals surface area contributed by atoms with Crippen LogP contribution in [0.15, 0.2) is 46.3 Å². The van der Waals surface area contributed by atoms with Gasteiger partial charge in [0.15, 0.2) is 16.4 Å². The van der Waals surface area contributed by atoms with Crippen LogP contribution in [0, 0.1) is 17.1 Å². The number of benzene rings is 2. The van der Waals surface area contributed by atoms with Crippen molar-refractivity contribution >= 4 is 21.2 Å². The highest BCUT2D eigenvalue weighted by molar-refractivity contribution is 7.95. The van der Waals surface area contributed by atoms with E-state index in [0.29, 0.717) is 22.9 Å². The third-order valence-corrected chi connectivity index (χ3v) is 5.73. The van der Waals surface area contributed by atoms with Crippen LogP contribution in [-0.2, 0) is 9.84 Å². The lowest BCUT2D eigenvalue weighted by Gasteiger charge is -2.28. The van der Waals surface area contributed by atoms with E-state index < -0.39 is 20.6 Å². The number of ether oxygens (including phenoxy) is 3. The zero-order valence-electron chi connectivity index (χ0n) is 14.7. The largest absolute Gasteiger partial charge is 0.493 e. The van der Waals surface area contributed by atoms with Gasteiger partial charge in [0, 0.05) is 18.3 Å². The fourth-order valence-electron chi connectivity index (χ4n) is 2.79. The fraction of sp³-hybridized carbons (Fsp3) is 0.167. The van der Waals surface area contributed by atoms with Crippen LogP contribution in [0.4, 0.5) is 15.8 Å². The van der Waals surface area contributed by atoms with Crippen molar-refractivity contribution in [1.29, 1.82) is 5.26 Å². The van der Waals surface area contributed by atoms with E-state index in [4.69, 9.17) is 14.2 Å². The number of allylic oxidation sites excluding steroid dienone is 1. The number of halogens is 1. The second-order valence-corrected chi connectivity index (χ2v) is 7.36. The van der Waals surface area contributed by atoms with E-state index in [9.17, 15) is 18.1 Å². The molecule has 0 saturated carbocycles. The van der Waals surface area contributed by atoms with Crippen molar-refractivity contribution in [3.63, 3.8) is 0 Å². The van der Waals surface area contributed by atoms with Crippen molar-refractivity contribution in [2.75, 3.05) is 26.2 Å². The molecule has 0 atom stereocenters. The summed E-state index contributed by atoms with van der Waals surface area (Å²) in [6.45, 7) is 0. The van der Waals surface area contributed by atoms with Crippen LogP contribution in [0.25, 0.3) is 0 Å². The van der Waals surface area contributed by atoms with Gasteiger partial charge in [-0.05, 0) is 18.2 Å². The highest BCUT2D eigenvalue weighted by Crippen LogP contribution is 2.45. The lowest BCUT2D eigenvalue weighted by Crippen LogP contribution is -2.21. The van der Waals surface area contributed by atoms with E-state index in [1.807, 2.05) is 0 Å². The zero-order valence-corrected chi connectivity index (χ0v) is 15.5. The van der Waals surface area contributed by atoms with Gasteiger partial charge in [0.25, 0.3) is 0 Å². The van der Waals surface area contributed by atoms with Crippen molar-refractivity contribution in [3.8, 4) is 23.3 Å². The first-order valence-corrected chi connectivity index (χ1v) is 9.11. The van der Waals surface area contributed by atoms with Crippen LogP contribution < -0.4 is 19.1 Å². The van der Waals surface area contributed by atoms with Crippen LogP contribution in [-0.4, -0.2) is 29.7 Å². The Balaban J connectivity index is 2.31. The molecule has 7 nitrogen and oxygen atoms in total. The molecule has 1 heterocycles. The minimum atomic E-state index is -4.11. The molecule has 27 heavy (non-hydrogen) atoms. The van der Waals surface area contributed by atoms with E-state index in [2.05, 4.69) is 0 Å². The number of sulfone groups is 1. The van der Waals surface area contributed by atoms with Crippen LogP contribution in [0.1, 0.15) is 0 Å². The molecular formula is C18H15FN2O5S. The minimum absolute atomic E-state index is 0.199. The van der Waals surface area contributed by atoms with Gasteiger partial charge in [-0.15, -0.1) is 0 Å². The van der Waals surface area contributed by atoms with Crippen molar-refractivity contribution in [2.45, 2.75) is 4.90 Å². The Hall–Kier alpha value is -3.25. The Morgan fingerprint density at radius 2 is 1.67 bits per heavy atom. The number of fused-ring (bicyclic) bond motifs is 1. The summed E-state index contributed by atoms with van der Waals surface area (Å²) in [5.41, 5.74) is 0.643. The Kier molecular flexibility index (Phi) is 4.68. The molecule has 3 rings (SSSR count). The average Bonchev–Trinajstić information content (AvgIpc) is 2.67. The molecule has 0 N–H and O–H groups in total. The first-order valence-electron chi connectivity index (χ1n) is 7.63. The van der Waals surface area contributed by atoms with Gasteiger partial charge in [-0.25, -0.2) is 12.8 Å². The molecular weight excluding hydrogens is 375 g/mol. The summed E-state index contributed by atoms with van der Waals surface area (Å²) >= 11 is 0. The van der Waals surface area contributed by atoms with Gasteiger partial charge in [0.1, 0.15) is 11.9 Å². The molecule has 0 bridgehead atoms. The number of methoxy groups -OCH3 is 3. The summed E-state index contributed by atoms with van der Waals surface area (Å²) in [4.78, 5) is 0.656. The number of hydrogen-bond donors (Lipinski definition) is 0. The molecule has 0 fully saturated rings. The normalized spacial score (nSPS) is 14.6. The van der Waals surface area contributed by atoms with E-state index in [1.54, 1.807) is 18.2 Å². The molecule has 0 amide bonds. The Bertz CT molecular complexity index is 1060. The second-order valence-electron chi connectivity index (χ2n) is 5.47. The van der Waals surface area contributed by atoms with Gasteiger partial charge in [0.2, 0.25) is 15.6 Å². The third kappa shape index (κ3) is 2.94. The molecule has 140 valence electrons. The highest BCUT2D eigenvalue weighted by Gasteiger charge is 2.33. The number of nitriles is 1. The number of hydrogen-bond acceptors (Lipinski definition) is 7. The van der Waals surface area contributed by atoms with Crippen molar-refractivity contribution < 1.29 is 27.0 Å². The van der Waals surface area contributed by atoms with Gasteiger partial charge >= 0.3 is 0 Å². The van der Waals surface area contributed by atoms with Crippen LogP contribution >= 0.6 is 0 Å². The minimum Gasteiger partial charge on any atom is -0.493 e.